The molecule has 1 unspecified atom stereocenters. The minimum absolute atomic E-state index is 0.0444. The number of hydrogen-bond acceptors (Lipinski definition) is 4. The van der Waals surface area contributed by atoms with E-state index in [4.69, 9.17) is 5.11 Å². The summed E-state index contributed by atoms with van der Waals surface area (Å²) in [5.74, 6) is -0.0444. The Balaban J connectivity index is 1.92. The minimum atomic E-state index is -3.34. The predicted molar refractivity (Wildman–Crippen MR) is 83.3 cm³/mol. The summed E-state index contributed by atoms with van der Waals surface area (Å²) in [6.07, 6.45) is 3.39. The molecule has 1 fully saturated rings. The molecule has 1 atom stereocenters. The van der Waals surface area contributed by atoms with Gasteiger partial charge in [0.05, 0.1) is 12.4 Å². The Labute approximate surface area is 127 Å². The van der Waals surface area contributed by atoms with Crippen LogP contribution in [-0.2, 0) is 22.4 Å². The van der Waals surface area contributed by atoms with E-state index >= 15 is 0 Å². The summed E-state index contributed by atoms with van der Waals surface area (Å²) in [5, 5.41) is 9.09. The number of nitrogens with zero attached hydrogens (tertiary/aromatic N) is 1. The van der Waals surface area contributed by atoms with Gasteiger partial charge >= 0.3 is 0 Å². The number of likely N-dealkylation sites (N-methyl/N-ethyl adjacent to an activating group) is 1. The van der Waals surface area contributed by atoms with Gasteiger partial charge in [-0.15, -0.1) is 0 Å². The lowest BCUT2D eigenvalue weighted by molar-refractivity contribution is 0.187. The molecule has 5 nitrogen and oxygen atoms in total. The third-order valence-corrected chi connectivity index (χ3v) is 5.31. The van der Waals surface area contributed by atoms with Crippen LogP contribution in [0.25, 0.3) is 0 Å². The highest BCUT2D eigenvalue weighted by atomic mass is 32.2. The number of piperidine rings is 1. The van der Waals surface area contributed by atoms with Crippen molar-refractivity contribution in [2.24, 2.45) is 0 Å². The Morgan fingerprint density at radius 1 is 1.33 bits per heavy atom. The molecule has 1 aromatic rings. The van der Waals surface area contributed by atoms with E-state index in [1.165, 1.54) is 6.42 Å². The lowest BCUT2D eigenvalue weighted by atomic mass is 10.0. The van der Waals surface area contributed by atoms with Crippen LogP contribution in [0.3, 0.4) is 0 Å². The first-order chi connectivity index (χ1) is 10.00. The number of aliphatic hydroxyl groups is 1. The van der Waals surface area contributed by atoms with Crippen LogP contribution in [0.1, 0.15) is 30.4 Å². The summed E-state index contributed by atoms with van der Waals surface area (Å²) >= 11 is 0. The van der Waals surface area contributed by atoms with Crippen molar-refractivity contribution in [1.29, 1.82) is 0 Å². The molecule has 118 valence electrons. The topological polar surface area (TPSA) is 69.6 Å². The van der Waals surface area contributed by atoms with Gasteiger partial charge in [-0.2, -0.15) is 0 Å². The average molecular weight is 312 g/mol. The molecule has 0 spiro atoms. The molecule has 0 aromatic heterocycles. The molecule has 1 aliphatic heterocycles. The molecule has 0 bridgehead atoms. The fourth-order valence-electron chi connectivity index (χ4n) is 2.71. The third-order valence-electron chi connectivity index (χ3n) is 3.99. The summed E-state index contributed by atoms with van der Waals surface area (Å²) in [6.45, 7) is 1.43. The highest BCUT2D eigenvalue weighted by Crippen LogP contribution is 2.15. The Morgan fingerprint density at radius 3 is 2.81 bits per heavy atom. The van der Waals surface area contributed by atoms with Crippen molar-refractivity contribution in [3.63, 3.8) is 0 Å². The molecule has 1 aromatic carbocycles. The van der Waals surface area contributed by atoms with Gasteiger partial charge in [0.15, 0.2) is 0 Å². The highest BCUT2D eigenvalue weighted by molar-refractivity contribution is 7.88. The minimum Gasteiger partial charge on any atom is -0.392 e. The van der Waals surface area contributed by atoms with Crippen molar-refractivity contribution in [2.75, 3.05) is 20.1 Å². The molecule has 0 aliphatic carbocycles. The maximum absolute atomic E-state index is 12.2. The summed E-state index contributed by atoms with van der Waals surface area (Å²) in [5.41, 5.74) is 1.43. The molecule has 1 heterocycles. The van der Waals surface area contributed by atoms with Crippen molar-refractivity contribution in [3.05, 3.63) is 35.4 Å². The van der Waals surface area contributed by atoms with Crippen molar-refractivity contribution in [1.82, 2.24) is 9.62 Å². The lowest BCUT2D eigenvalue weighted by Gasteiger charge is -2.32. The van der Waals surface area contributed by atoms with E-state index in [1.54, 1.807) is 24.3 Å². The fraction of sp³-hybridized carbons (Fsp3) is 0.600. The first-order valence-electron chi connectivity index (χ1n) is 7.36. The van der Waals surface area contributed by atoms with Crippen LogP contribution in [0, 0.1) is 0 Å². The molecule has 0 radical (unpaired) electrons. The second kappa shape index (κ2) is 7.35. The number of hydrogen-bond donors (Lipinski definition) is 2. The van der Waals surface area contributed by atoms with E-state index in [0.717, 1.165) is 24.9 Å². The average Bonchev–Trinajstić information content (AvgIpc) is 2.46. The maximum atomic E-state index is 12.2. The summed E-state index contributed by atoms with van der Waals surface area (Å²) < 4.78 is 27.0. The predicted octanol–water partition coefficient (Wildman–Crippen LogP) is 1.08. The zero-order valence-corrected chi connectivity index (χ0v) is 13.3. The van der Waals surface area contributed by atoms with Gasteiger partial charge in [0.25, 0.3) is 0 Å². The standard InChI is InChI=1S/C15H24N2O3S/c1-17-8-3-2-7-15(17)10-16-21(19,20)12-14-6-4-5-13(9-14)11-18/h4-6,9,15-16,18H,2-3,7-8,10-12H2,1H3. The van der Waals surface area contributed by atoms with Crippen LogP contribution in [0.5, 0.6) is 0 Å². The van der Waals surface area contributed by atoms with Crippen LogP contribution in [0.4, 0.5) is 0 Å². The largest absolute Gasteiger partial charge is 0.392 e. The molecule has 1 aliphatic rings. The van der Waals surface area contributed by atoms with E-state index in [-0.39, 0.29) is 18.4 Å². The van der Waals surface area contributed by atoms with Gasteiger partial charge < -0.3 is 10.0 Å². The molecule has 21 heavy (non-hydrogen) atoms. The van der Waals surface area contributed by atoms with Gasteiger partial charge in [-0.05, 0) is 37.6 Å². The second-order valence-electron chi connectivity index (χ2n) is 5.72. The van der Waals surface area contributed by atoms with E-state index in [1.807, 2.05) is 7.05 Å². The number of aliphatic hydroxyl groups excluding tert-OH is 1. The Morgan fingerprint density at radius 2 is 2.10 bits per heavy atom. The Kier molecular flexibility index (Phi) is 5.75. The molecule has 2 N–H and O–H groups in total. The van der Waals surface area contributed by atoms with Crippen molar-refractivity contribution < 1.29 is 13.5 Å². The number of sulfonamides is 1. The zero-order valence-electron chi connectivity index (χ0n) is 12.5. The number of rotatable bonds is 6. The third kappa shape index (κ3) is 5.07. The maximum Gasteiger partial charge on any atom is 0.215 e. The van der Waals surface area contributed by atoms with Gasteiger partial charge in [0.2, 0.25) is 10.0 Å². The first kappa shape index (κ1) is 16.4. The van der Waals surface area contributed by atoms with Crippen LogP contribution < -0.4 is 4.72 Å². The van der Waals surface area contributed by atoms with Gasteiger partial charge in [-0.25, -0.2) is 13.1 Å². The van der Waals surface area contributed by atoms with Crippen molar-refractivity contribution >= 4 is 10.0 Å². The van der Waals surface area contributed by atoms with Crippen LogP contribution >= 0.6 is 0 Å². The van der Waals surface area contributed by atoms with E-state index in [2.05, 4.69) is 9.62 Å². The SMILES string of the molecule is CN1CCCCC1CNS(=O)(=O)Cc1cccc(CO)c1. The molecular weight excluding hydrogens is 288 g/mol. The van der Waals surface area contributed by atoms with Gasteiger partial charge in [-0.1, -0.05) is 30.7 Å². The van der Waals surface area contributed by atoms with Crippen LogP contribution in [0.15, 0.2) is 24.3 Å². The number of benzene rings is 1. The molecule has 2 rings (SSSR count). The monoisotopic (exact) mass is 312 g/mol. The first-order valence-corrected chi connectivity index (χ1v) is 9.01. The fourth-order valence-corrected chi connectivity index (χ4v) is 3.88. The normalized spacial score (nSPS) is 20.6. The quantitative estimate of drug-likeness (QED) is 0.825. The Hall–Kier alpha value is -0.950. The van der Waals surface area contributed by atoms with E-state index in [9.17, 15) is 8.42 Å². The molecule has 0 saturated carbocycles. The lowest BCUT2D eigenvalue weighted by Crippen LogP contribution is -2.44. The Bertz CT molecular complexity index is 560. The molecule has 0 amide bonds. The summed E-state index contributed by atoms with van der Waals surface area (Å²) in [7, 11) is -1.30. The molecular formula is C15H24N2O3S. The van der Waals surface area contributed by atoms with Crippen LogP contribution in [-0.4, -0.2) is 44.6 Å². The van der Waals surface area contributed by atoms with E-state index in [0.29, 0.717) is 12.1 Å². The molecule has 6 heteroatoms. The zero-order chi connectivity index (χ0) is 15.3. The van der Waals surface area contributed by atoms with Crippen molar-refractivity contribution in [2.45, 2.75) is 37.7 Å². The summed E-state index contributed by atoms with van der Waals surface area (Å²) in [6, 6.07) is 7.33. The van der Waals surface area contributed by atoms with Crippen LogP contribution in [0.2, 0.25) is 0 Å². The van der Waals surface area contributed by atoms with Gasteiger partial charge in [0, 0.05) is 12.6 Å². The smallest absolute Gasteiger partial charge is 0.215 e. The van der Waals surface area contributed by atoms with Gasteiger partial charge in [-0.3, -0.25) is 0 Å². The van der Waals surface area contributed by atoms with Crippen molar-refractivity contribution in [3.8, 4) is 0 Å². The number of nitrogens with one attached hydrogen (secondary N) is 1. The second-order valence-corrected chi connectivity index (χ2v) is 7.52. The van der Waals surface area contributed by atoms with Gasteiger partial charge in [0.1, 0.15) is 0 Å². The van der Waals surface area contributed by atoms with E-state index < -0.39 is 10.0 Å². The summed E-state index contributed by atoms with van der Waals surface area (Å²) in [4.78, 5) is 2.22. The number of likely N-dealkylation sites (tertiary alicyclic amines) is 1. The molecule has 1 saturated heterocycles. The highest BCUT2D eigenvalue weighted by Gasteiger charge is 2.21.